The summed E-state index contributed by atoms with van der Waals surface area (Å²) in [6.45, 7) is -0.342. The summed E-state index contributed by atoms with van der Waals surface area (Å²) in [6.07, 6.45) is -7.12. The number of rotatable bonds is 7. The number of nitrogens with one attached hydrogen (secondary N) is 2. The SMILES string of the molecule is CC(NC(=O)c1ccc(/C=C/C(c2cc(Cl)cc(Cl)c2)C(F)(F)F)cc1Br)C(=O)NCC(F)(F)F. The maximum absolute atomic E-state index is 13.6. The molecule has 2 amide bonds. The predicted molar refractivity (Wildman–Crippen MR) is 124 cm³/mol. The van der Waals surface area contributed by atoms with Crippen molar-refractivity contribution in [2.45, 2.75) is 31.2 Å². The fourth-order valence-corrected chi connectivity index (χ4v) is 3.99. The van der Waals surface area contributed by atoms with Crippen LogP contribution < -0.4 is 10.6 Å². The Kier molecular flexibility index (Phi) is 9.66. The van der Waals surface area contributed by atoms with Crippen LogP contribution in [0.15, 0.2) is 46.9 Å². The standard InChI is InChI=1S/C22H17BrCl2F6N2O2/c1-11(19(34)32-10-21(26,27)28)33-20(35)16-4-2-12(6-18(16)23)3-5-17(22(29,30)31)13-7-14(24)9-15(25)8-13/h2-9,11,17H,10H2,1H3,(H,32,34)(H,33,35)/b5-3+. The summed E-state index contributed by atoms with van der Waals surface area (Å²) in [5.74, 6) is -3.81. The topological polar surface area (TPSA) is 58.2 Å². The van der Waals surface area contributed by atoms with E-state index >= 15 is 0 Å². The van der Waals surface area contributed by atoms with E-state index in [2.05, 4.69) is 21.2 Å². The Morgan fingerprint density at radius 2 is 1.63 bits per heavy atom. The average molecular weight is 606 g/mol. The second-order valence-corrected chi connectivity index (χ2v) is 9.08. The van der Waals surface area contributed by atoms with Crippen molar-refractivity contribution in [2.75, 3.05) is 6.54 Å². The molecular weight excluding hydrogens is 589 g/mol. The van der Waals surface area contributed by atoms with Gasteiger partial charge in [-0.05, 0) is 64.3 Å². The summed E-state index contributed by atoms with van der Waals surface area (Å²) >= 11 is 14.8. The number of alkyl halides is 6. The first kappa shape index (κ1) is 29.0. The number of hydrogen-bond donors (Lipinski definition) is 2. The van der Waals surface area contributed by atoms with Crippen molar-refractivity contribution < 1.29 is 35.9 Å². The minimum absolute atomic E-state index is 0.0200. The second kappa shape index (κ2) is 11.7. The van der Waals surface area contributed by atoms with Crippen LogP contribution in [0.1, 0.15) is 34.3 Å². The van der Waals surface area contributed by atoms with E-state index in [0.717, 1.165) is 18.2 Å². The zero-order valence-corrected chi connectivity index (χ0v) is 20.8. The Morgan fingerprint density at radius 3 is 2.14 bits per heavy atom. The van der Waals surface area contributed by atoms with Gasteiger partial charge in [-0.1, -0.05) is 41.4 Å². The third kappa shape index (κ3) is 9.05. The van der Waals surface area contributed by atoms with Crippen LogP contribution in [-0.2, 0) is 4.79 Å². The van der Waals surface area contributed by atoms with Crippen molar-refractivity contribution in [1.29, 1.82) is 0 Å². The van der Waals surface area contributed by atoms with E-state index in [4.69, 9.17) is 23.2 Å². The molecule has 0 heterocycles. The molecule has 0 aliphatic rings. The molecule has 0 spiro atoms. The van der Waals surface area contributed by atoms with Gasteiger partial charge in [-0.3, -0.25) is 9.59 Å². The Morgan fingerprint density at radius 1 is 1.03 bits per heavy atom. The molecule has 2 aromatic carbocycles. The maximum Gasteiger partial charge on any atom is 0.405 e. The number of hydrogen-bond acceptors (Lipinski definition) is 2. The third-order valence-corrected chi connectivity index (χ3v) is 5.61. The molecule has 0 saturated carbocycles. The highest BCUT2D eigenvalue weighted by molar-refractivity contribution is 9.10. The summed E-state index contributed by atoms with van der Waals surface area (Å²) in [5.41, 5.74) is 0.178. The van der Waals surface area contributed by atoms with Gasteiger partial charge in [0.2, 0.25) is 5.91 Å². The van der Waals surface area contributed by atoms with Crippen LogP contribution >= 0.6 is 39.1 Å². The first-order valence-corrected chi connectivity index (χ1v) is 11.3. The van der Waals surface area contributed by atoms with E-state index in [-0.39, 0.29) is 25.6 Å². The molecule has 4 nitrogen and oxygen atoms in total. The monoisotopic (exact) mass is 604 g/mol. The van der Waals surface area contributed by atoms with Gasteiger partial charge < -0.3 is 10.6 Å². The molecule has 2 N–H and O–H groups in total. The van der Waals surface area contributed by atoms with Crippen LogP contribution in [0, 0.1) is 0 Å². The van der Waals surface area contributed by atoms with Crippen LogP contribution in [0.3, 0.4) is 0 Å². The molecule has 2 rings (SSSR count). The van der Waals surface area contributed by atoms with E-state index in [1.165, 1.54) is 37.3 Å². The van der Waals surface area contributed by atoms with Crippen molar-refractivity contribution in [3.8, 4) is 0 Å². The molecule has 2 atom stereocenters. The van der Waals surface area contributed by atoms with Crippen molar-refractivity contribution >= 4 is 57.0 Å². The first-order chi connectivity index (χ1) is 16.1. The molecule has 2 aromatic rings. The lowest BCUT2D eigenvalue weighted by Gasteiger charge is -2.18. The summed E-state index contributed by atoms with van der Waals surface area (Å²) in [7, 11) is 0. The van der Waals surface area contributed by atoms with Gasteiger partial charge in [0.1, 0.15) is 12.6 Å². The highest BCUT2D eigenvalue weighted by atomic mass is 79.9. The Labute approximate surface area is 214 Å². The van der Waals surface area contributed by atoms with Gasteiger partial charge in [0.15, 0.2) is 0 Å². The molecule has 0 bridgehead atoms. The van der Waals surface area contributed by atoms with Crippen LogP contribution in [0.4, 0.5) is 26.3 Å². The van der Waals surface area contributed by atoms with E-state index in [1.54, 1.807) is 5.32 Å². The smallest absolute Gasteiger partial charge is 0.345 e. The third-order valence-electron chi connectivity index (χ3n) is 4.52. The van der Waals surface area contributed by atoms with Gasteiger partial charge in [-0.15, -0.1) is 0 Å². The van der Waals surface area contributed by atoms with Gasteiger partial charge >= 0.3 is 12.4 Å². The molecule has 13 heteroatoms. The highest BCUT2D eigenvalue weighted by Crippen LogP contribution is 2.38. The molecule has 0 aliphatic heterocycles. The number of allylic oxidation sites excluding steroid dienone is 1. The number of benzene rings is 2. The molecule has 2 unspecified atom stereocenters. The fraction of sp³-hybridized carbons (Fsp3) is 0.273. The normalized spacial score (nSPS) is 14.0. The van der Waals surface area contributed by atoms with E-state index in [1.807, 2.05) is 0 Å². The molecule has 0 fully saturated rings. The predicted octanol–water partition coefficient (Wildman–Crippen LogP) is 6.91. The molecule has 0 aromatic heterocycles. The quantitative estimate of drug-likeness (QED) is 0.337. The van der Waals surface area contributed by atoms with Crippen molar-refractivity contribution in [3.05, 3.63) is 73.7 Å². The Bertz CT molecular complexity index is 1100. The lowest BCUT2D eigenvalue weighted by molar-refractivity contribution is -0.139. The molecule has 35 heavy (non-hydrogen) atoms. The number of amides is 2. The minimum Gasteiger partial charge on any atom is -0.345 e. The van der Waals surface area contributed by atoms with Gasteiger partial charge in [-0.2, -0.15) is 26.3 Å². The number of halogens is 9. The Balaban J connectivity index is 2.16. The summed E-state index contributed by atoms with van der Waals surface area (Å²) < 4.78 is 77.7. The van der Waals surface area contributed by atoms with Crippen LogP contribution in [0.25, 0.3) is 6.08 Å². The highest BCUT2D eigenvalue weighted by Gasteiger charge is 2.39. The number of carbonyl (C=O) groups is 2. The maximum atomic E-state index is 13.6. The Hall–Kier alpha value is -2.24. The largest absolute Gasteiger partial charge is 0.405 e. The minimum atomic E-state index is -4.63. The average Bonchev–Trinajstić information content (AvgIpc) is 2.69. The van der Waals surface area contributed by atoms with Gasteiger partial charge in [0, 0.05) is 14.5 Å². The molecule has 0 aliphatic carbocycles. The number of carbonyl (C=O) groups excluding carboxylic acids is 2. The lowest BCUT2D eigenvalue weighted by Crippen LogP contribution is -2.47. The fourth-order valence-electron chi connectivity index (χ4n) is 2.87. The lowest BCUT2D eigenvalue weighted by atomic mass is 9.97. The van der Waals surface area contributed by atoms with Crippen LogP contribution in [-0.4, -0.2) is 36.8 Å². The van der Waals surface area contributed by atoms with Crippen molar-refractivity contribution in [2.24, 2.45) is 0 Å². The van der Waals surface area contributed by atoms with E-state index in [0.29, 0.717) is 5.56 Å². The second-order valence-electron chi connectivity index (χ2n) is 7.35. The van der Waals surface area contributed by atoms with Gasteiger partial charge in [0.25, 0.3) is 5.91 Å². The zero-order chi connectivity index (χ0) is 26.6. The first-order valence-electron chi connectivity index (χ1n) is 9.72. The van der Waals surface area contributed by atoms with Crippen molar-refractivity contribution in [1.82, 2.24) is 10.6 Å². The van der Waals surface area contributed by atoms with Gasteiger partial charge in [-0.25, -0.2) is 0 Å². The van der Waals surface area contributed by atoms with Crippen LogP contribution in [0.5, 0.6) is 0 Å². The van der Waals surface area contributed by atoms with E-state index < -0.39 is 42.7 Å². The van der Waals surface area contributed by atoms with Crippen molar-refractivity contribution in [3.63, 3.8) is 0 Å². The molecule has 0 saturated heterocycles. The molecule has 0 radical (unpaired) electrons. The molecule has 190 valence electrons. The van der Waals surface area contributed by atoms with E-state index in [9.17, 15) is 35.9 Å². The van der Waals surface area contributed by atoms with Gasteiger partial charge in [0.05, 0.1) is 11.5 Å². The summed E-state index contributed by atoms with van der Waals surface area (Å²) in [5, 5.41) is 4.01. The zero-order valence-electron chi connectivity index (χ0n) is 17.7. The van der Waals surface area contributed by atoms with Crippen LogP contribution in [0.2, 0.25) is 10.0 Å². The summed E-state index contributed by atoms with van der Waals surface area (Å²) in [6, 6.07) is 6.38. The summed E-state index contributed by atoms with van der Waals surface area (Å²) in [4.78, 5) is 24.1. The molecular formula is C22H17BrCl2F6N2O2.